The van der Waals surface area contributed by atoms with Crippen LogP contribution < -0.4 is 5.32 Å². The van der Waals surface area contributed by atoms with Crippen LogP contribution in [-0.4, -0.2) is 39.2 Å². The number of hydrogen-bond donors (Lipinski definition) is 3. The fraction of sp³-hybridized carbons (Fsp3) is 0.278. The molecule has 0 aliphatic carbocycles. The van der Waals surface area contributed by atoms with Gasteiger partial charge in [0.1, 0.15) is 0 Å². The normalized spacial score (nSPS) is 21.6. The van der Waals surface area contributed by atoms with E-state index in [9.17, 15) is 14.4 Å². The average Bonchev–Trinajstić information content (AvgIpc) is 2.95. The van der Waals surface area contributed by atoms with E-state index in [1.165, 1.54) is 22.9 Å². The van der Waals surface area contributed by atoms with E-state index in [0.29, 0.717) is 18.1 Å². The van der Waals surface area contributed by atoms with Crippen LogP contribution in [0.4, 0.5) is 0 Å². The van der Waals surface area contributed by atoms with Gasteiger partial charge in [-0.1, -0.05) is 35.5 Å². The number of carbonyl (C=O) groups is 3. The molecule has 1 fully saturated rings. The topological polar surface area (TPSA) is 104 Å². The lowest BCUT2D eigenvalue weighted by Gasteiger charge is -2.28. The van der Waals surface area contributed by atoms with Crippen LogP contribution in [0.3, 0.4) is 0 Å². The van der Waals surface area contributed by atoms with Crippen LogP contribution in [0.15, 0.2) is 48.1 Å². The van der Waals surface area contributed by atoms with Crippen LogP contribution in [-0.2, 0) is 20.8 Å². The Bertz CT molecular complexity index is 728. The molecular formula is C18H18ClNO5S. The Kier molecular flexibility index (Phi) is 7.44. The molecule has 2 unspecified atom stereocenters. The number of carboxylic acids is 2. The summed E-state index contributed by atoms with van der Waals surface area (Å²) in [6.07, 6.45) is 4.98. The fourth-order valence-electron chi connectivity index (χ4n) is 2.71. The quantitative estimate of drug-likeness (QED) is 0.673. The highest BCUT2D eigenvalue weighted by molar-refractivity contribution is 8.15. The second-order valence-electron chi connectivity index (χ2n) is 5.85. The molecule has 0 radical (unpaired) electrons. The van der Waals surface area contributed by atoms with Gasteiger partial charge in [-0.15, -0.1) is 0 Å². The molecule has 26 heavy (non-hydrogen) atoms. The summed E-state index contributed by atoms with van der Waals surface area (Å²) in [7, 11) is 0. The molecule has 0 aromatic heterocycles. The predicted octanol–water partition coefficient (Wildman–Crippen LogP) is 2.73. The second-order valence-corrected chi connectivity index (χ2v) is 7.40. The first-order valence-corrected chi connectivity index (χ1v) is 9.12. The maximum Gasteiger partial charge on any atom is 0.328 e. The molecule has 0 amide bonds. The monoisotopic (exact) mass is 395 g/mol. The van der Waals surface area contributed by atoms with E-state index in [-0.39, 0.29) is 10.5 Å². The smallest absolute Gasteiger partial charge is 0.328 e. The molecule has 3 N–H and O–H groups in total. The number of benzene rings is 1. The van der Waals surface area contributed by atoms with Gasteiger partial charge in [0.05, 0.1) is 5.37 Å². The largest absolute Gasteiger partial charge is 0.478 e. The Morgan fingerprint density at radius 3 is 2.38 bits per heavy atom. The molecule has 6 nitrogen and oxygen atoms in total. The molecule has 3 rings (SSSR count). The predicted molar refractivity (Wildman–Crippen MR) is 100 cm³/mol. The third kappa shape index (κ3) is 6.67. The van der Waals surface area contributed by atoms with Crippen molar-refractivity contribution in [3.05, 3.63) is 58.7 Å². The number of carboxylic acid groups (broad SMARTS) is 2. The molecular weight excluding hydrogens is 378 g/mol. The molecule has 0 bridgehead atoms. The van der Waals surface area contributed by atoms with Crippen molar-refractivity contribution < 1.29 is 24.6 Å². The van der Waals surface area contributed by atoms with Crippen LogP contribution in [0.25, 0.3) is 0 Å². The highest BCUT2D eigenvalue weighted by atomic mass is 35.5. The van der Waals surface area contributed by atoms with E-state index in [2.05, 4.69) is 17.4 Å². The molecule has 138 valence electrons. The van der Waals surface area contributed by atoms with Crippen molar-refractivity contribution in [1.29, 1.82) is 0 Å². The minimum absolute atomic E-state index is 0.189. The third-order valence-corrected chi connectivity index (χ3v) is 5.10. The first kappa shape index (κ1) is 20.2. The van der Waals surface area contributed by atoms with Crippen LogP contribution in [0.2, 0.25) is 5.02 Å². The van der Waals surface area contributed by atoms with Gasteiger partial charge in [-0.2, -0.15) is 0 Å². The van der Waals surface area contributed by atoms with Crippen LogP contribution in [0.5, 0.6) is 0 Å². The minimum Gasteiger partial charge on any atom is -0.478 e. The number of halogens is 1. The molecule has 1 aromatic rings. The lowest BCUT2D eigenvalue weighted by molar-refractivity contribution is -0.134. The zero-order valence-electron chi connectivity index (χ0n) is 13.7. The van der Waals surface area contributed by atoms with Gasteiger partial charge in [0, 0.05) is 17.2 Å². The number of aliphatic carboxylic acids is 2. The first-order valence-electron chi connectivity index (χ1n) is 7.86. The van der Waals surface area contributed by atoms with Crippen molar-refractivity contribution in [2.24, 2.45) is 5.92 Å². The number of thioether (sulfide) groups is 1. The molecule has 8 heteroatoms. The molecule has 1 saturated heterocycles. The van der Waals surface area contributed by atoms with E-state index in [1.807, 2.05) is 12.1 Å². The van der Waals surface area contributed by atoms with Crippen molar-refractivity contribution >= 4 is 40.4 Å². The molecule has 2 heterocycles. The number of carbonyl (C=O) groups excluding carboxylic acids is 1. The van der Waals surface area contributed by atoms with Gasteiger partial charge in [-0.25, -0.2) is 9.59 Å². The maximum absolute atomic E-state index is 11.3. The van der Waals surface area contributed by atoms with Crippen molar-refractivity contribution in [2.45, 2.75) is 18.2 Å². The van der Waals surface area contributed by atoms with E-state index >= 15 is 0 Å². The molecule has 0 spiro atoms. The van der Waals surface area contributed by atoms with Crippen LogP contribution in [0.1, 0.15) is 12.0 Å². The zero-order chi connectivity index (χ0) is 19.1. The Morgan fingerprint density at radius 2 is 1.81 bits per heavy atom. The Hall–Kier alpha value is -2.09. The fourth-order valence-corrected chi connectivity index (χ4v) is 3.78. The van der Waals surface area contributed by atoms with E-state index < -0.39 is 11.9 Å². The number of hydrogen-bond acceptors (Lipinski definition) is 5. The van der Waals surface area contributed by atoms with Crippen LogP contribution >= 0.6 is 23.4 Å². The van der Waals surface area contributed by atoms with Crippen molar-refractivity contribution in [2.75, 3.05) is 6.54 Å². The van der Waals surface area contributed by atoms with Gasteiger partial charge in [-0.05, 0) is 54.6 Å². The zero-order valence-corrected chi connectivity index (χ0v) is 15.3. The number of piperidine rings is 1. The lowest BCUT2D eigenvalue weighted by atomic mass is 9.89. The van der Waals surface area contributed by atoms with Gasteiger partial charge in [0.2, 0.25) is 5.12 Å². The molecule has 2 aliphatic heterocycles. The standard InChI is InChI=1S/C14H14ClNOS.C4H4O4/c15-12-3-1-9(2-4-12)5-10-6-11-7-13(17)18-14(11)16-8-10;5-3(6)1-2-4(7)8/h1-4,7,10,14,16H,5-6,8H2;1-2H,(H,5,6)(H,7,8)/b;2-1-. The number of rotatable bonds is 4. The van der Waals surface area contributed by atoms with Gasteiger partial charge in [0.15, 0.2) is 0 Å². The summed E-state index contributed by atoms with van der Waals surface area (Å²) in [6, 6.07) is 8.03. The molecule has 2 atom stereocenters. The lowest BCUT2D eigenvalue weighted by Crippen LogP contribution is -2.38. The minimum atomic E-state index is -1.26. The highest BCUT2D eigenvalue weighted by Gasteiger charge is 2.31. The van der Waals surface area contributed by atoms with Crippen molar-refractivity contribution in [3.63, 3.8) is 0 Å². The Balaban J connectivity index is 0.000000260. The summed E-state index contributed by atoms with van der Waals surface area (Å²) in [5.41, 5.74) is 2.57. The van der Waals surface area contributed by atoms with Gasteiger partial charge < -0.3 is 15.5 Å². The number of fused-ring (bicyclic) bond motifs is 1. The average molecular weight is 396 g/mol. The summed E-state index contributed by atoms with van der Waals surface area (Å²) in [4.78, 5) is 30.5. The first-order chi connectivity index (χ1) is 12.3. The number of nitrogens with one attached hydrogen (secondary N) is 1. The summed E-state index contributed by atoms with van der Waals surface area (Å²) in [5, 5.41) is 20.3. The van der Waals surface area contributed by atoms with Gasteiger partial charge in [-0.3, -0.25) is 4.79 Å². The molecule has 2 aliphatic rings. The van der Waals surface area contributed by atoms with Gasteiger partial charge in [0.25, 0.3) is 0 Å². The summed E-state index contributed by atoms with van der Waals surface area (Å²) < 4.78 is 0. The van der Waals surface area contributed by atoms with E-state index in [4.69, 9.17) is 21.8 Å². The van der Waals surface area contributed by atoms with E-state index in [1.54, 1.807) is 6.08 Å². The van der Waals surface area contributed by atoms with E-state index in [0.717, 1.165) is 24.4 Å². The summed E-state index contributed by atoms with van der Waals surface area (Å²) in [6.45, 7) is 0.977. The van der Waals surface area contributed by atoms with Gasteiger partial charge >= 0.3 is 11.9 Å². The summed E-state index contributed by atoms with van der Waals surface area (Å²) >= 11 is 7.28. The Morgan fingerprint density at radius 1 is 1.19 bits per heavy atom. The maximum atomic E-state index is 11.3. The Labute approximate surface area is 159 Å². The highest BCUT2D eigenvalue weighted by Crippen LogP contribution is 2.34. The van der Waals surface area contributed by atoms with Crippen molar-refractivity contribution in [1.82, 2.24) is 5.32 Å². The summed E-state index contributed by atoms with van der Waals surface area (Å²) in [5.74, 6) is -1.94. The SMILES string of the molecule is O=C(O)/C=C\C(=O)O.O=C1C=C2CC(Cc3ccc(Cl)cc3)CNC2S1. The third-order valence-electron chi connectivity index (χ3n) is 3.80. The second kappa shape index (κ2) is 9.56. The molecule has 0 saturated carbocycles. The van der Waals surface area contributed by atoms with Crippen molar-refractivity contribution in [3.8, 4) is 0 Å². The molecule has 1 aromatic carbocycles. The van der Waals surface area contributed by atoms with Crippen LogP contribution in [0, 0.1) is 5.92 Å².